The Morgan fingerprint density at radius 3 is 2.32 bits per heavy atom. The largest absolute Gasteiger partial charge is 0.291 e. The molecule has 1 atom stereocenters. The lowest BCUT2D eigenvalue weighted by Gasteiger charge is -2.10. The Bertz CT molecular complexity index is 321. The highest BCUT2D eigenvalue weighted by Crippen LogP contribution is 2.16. The molecule has 0 spiro atoms. The maximum absolute atomic E-state index is 4.72. The van der Waals surface area contributed by atoms with E-state index in [0.717, 1.165) is 25.7 Å². The average Bonchev–Trinajstić information content (AvgIpc) is 2.41. The number of allylic oxidation sites excluding steroid dienone is 4. The fraction of sp³-hybridized carbons (Fsp3) is 0.722. The van der Waals surface area contributed by atoms with Crippen LogP contribution in [0.15, 0.2) is 28.3 Å². The second-order valence-electron chi connectivity index (χ2n) is 5.52. The molecule has 0 saturated carbocycles. The second-order valence-corrected chi connectivity index (χ2v) is 5.52. The van der Waals surface area contributed by atoms with E-state index in [9.17, 15) is 0 Å². The van der Waals surface area contributed by atoms with Crippen LogP contribution in [-0.2, 0) is 0 Å². The molecule has 0 aliphatic carbocycles. The van der Waals surface area contributed by atoms with Crippen LogP contribution in [0.1, 0.15) is 80.1 Å². The molecule has 0 amide bonds. The van der Waals surface area contributed by atoms with Crippen LogP contribution in [0.25, 0.3) is 0 Å². The van der Waals surface area contributed by atoms with Gasteiger partial charge < -0.3 is 0 Å². The fourth-order valence-corrected chi connectivity index (χ4v) is 1.89. The van der Waals surface area contributed by atoms with E-state index in [1.165, 1.54) is 29.7 Å². The maximum atomic E-state index is 4.72. The fourth-order valence-electron chi connectivity index (χ4n) is 1.89. The third-order valence-electron chi connectivity index (χ3n) is 3.49. The molecular weight excluding hydrogens is 230 g/mol. The summed E-state index contributed by atoms with van der Waals surface area (Å²) in [6, 6.07) is 0.445. The summed E-state index contributed by atoms with van der Waals surface area (Å²) in [7, 11) is 0. The molecule has 0 fully saturated rings. The summed E-state index contributed by atoms with van der Waals surface area (Å²) in [5, 5.41) is 0. The summed E-state index contributed by atoms with van der Waals surface area (Å²) >= 11 is 0. The summed E-state index contributed by atoms with van der Waals surface area (Å²) in [6.07, 6.45) is 11.7. The lowest BCUT2D eigenvalue weighted by Crippen LogP contribution is -2.02. The second kappa shape index (κ2) is 11.0. The third kappa shape index (κ3) is 9.69. The molecule has 1 nitrogen and oxygen atoms in total. The lowest BCUT2D eigenvalue weighted by atomic mass is 10.0. The first kappa shape index (κ1) is 18.1. The zero-order chi connectivity index (χ0) is 14.7. The molecule has 0 rings (SSSR count). The molecular formula is C18H33N. The molecule has 0 aromatic carbocycles. The van der Waals surface area contributed by atoms with Crippen molar-refractivity contribution < 1.29 is 0 Å². The first-order valence-electron chi connectivity index (χ1n) is 7.92. The van der Waals surface area contributed by atoms with Crippen LogP contribution in [0, 0.1) is 0 Å². The van der Waals surface area contributed by atoms with Gasteiger partial charge in [0.1, 0.15) is 0 Å². The first-order chi connectivity index (χ1) is 9.03. The number of hydrogen-bond acceptors (Lipinski definition) is 1. The van der Waals surface area contributed by atoms with Crippen LogP contribution < -0.4 is 0 Å². The van der Waals surface area contributed by atoms with E-state index in [1.54, 1.807) is 0 Å². The summed E-state index contributed by atoms with van der Waals surface area (Å²) in [4.78, 5) is 4.72. The van der Waals surface area contributed by atoms with Crippen molar-refractivity contribution in [3.05, 3.63) is 23.3 Å². The molecule has 0 aliphatic rings. The van der Waals surface area contributed by atoms with E-state index in [2.05, 4.69) is 53.7 Å². The van der Waals surface area contributed by atoms with Gasteiger partial charge in [0.25, 0.3) is 0 Å². The number of unbranched alkanes of at least 4 members (excludes halogenated alkanes) is 1. The number of hydrogen-bond donors (Lipinski definition) is 0. The zero-order valence-corrected chi connectivity index (χ0v) is 13.9. The standard InChI is InChI=1S/C18H33N/c1-7-10-11-18(14-15(4)8-2)13-12-17(6)19-16(5)9-3/h11,14,17H,7-10,12-13H2,1-6H3/b15-14+,18-11-,19-16+. The normalized spacial score (nSPS) is 15.8. The van der Waals surface area contributed by atoms with E-state index < -0.39 is 0 Å². The van der Waals surface area contributed by atoms with Gasteiger partial charge in [-0.05, 0) is 52.9 Å². The molecule has 0 heterocycles. The smallest absolute Gasteiger partial charge is 0.0473 e. The van der Waals surface area contributed by atoms with E-state index in [-0.39, 0.29) is 0 Å². The highest BCUT2D eigenvalue weighted by molar-refractivity contribution is 5.81. The van der Waals surface area contributed by atoms with E-state index >= 15 is 0 Å². The molecule has 0 saturated heterocycles. The Labute approximate surface area is 120 Å². The van der Waals surface area contributed by atoms with Crippen LogP contribution in [0.2, 0.25) is 0 Å². The van der Waals surface area contributed by atoms with Crippen molar-refractivity contribution in [2.45, 2.75) is 86.1 Å². The lowest BCUT2D eigenvalue weighted by molar-refractivity contribution is 0.666. The Kier molecular flexibility index (Phi) is 10.5. The van der Waals surface area contributed by atoms with Crippen molar-refractivity contribution in [2.24, 2.45) is 4.99 Å². The maximum Gasteiger partial charge on any atom is 0.0473 e. The molecule has 0 aromatic heterocycles. The average molecular weight is 263 g/mol. The van der Waals surface area contributed by atoms with E-state index in [0.29, 0.717) is 6.04 Å². The summed E-state index contributed by atoms with van der Waals surface area (Å²) in [6.45, 7) is 13.2. The zero-order valence-electron chi connectivity index (χ0n) is 13.9. The Balaban J connectivity index is 4.50. The molecule has 0 N–H and O–H groups in total. The van der Waals surface area contributed by atoms with Crippen LogP contribution in [0.5, 0.6) is 0 Å². The minimum absolute atomic E-state index is 0.445. The third-order valence-corrected chi connectivity index (χ3v) is 3.49. The summed E-state index contributed by atoms with van der Waals surface area (Å²) < 4.78 is 0. The minimum Gasteiger partial charge on any atom is -0.291 e. The van der Waals surface area contributed by atoms with Gasteiger partial charge in [-0.1, -0.05) is 50.5 Å². The van der Waals surface area contributed by atoms with Crippen molar-refractivity contribution >= 4 is 5.71 Å². The van der Waals surface area contributed by atoms with Gasteiger partial charge in [0, 0.05) is 11.8 Å². The van der Waals surface area contributed by atoms with Crippen LogP contribution >= 0.6 is 0 Å². The number of rotatable bonds is 9. The van der Waals surface area contributed by atoms with Gasteiger partial charge in [0.05, 0.1) is 0 Å². The Morgan fingerprint density at radius 2 is 1.79 bits per heavy atom. The molecule has 0 aliphatic heterocycles. The van der Waals surface area contributed by atoms with Gasteiger partial charge in [-0.25, -0.2) is 0 Å². The predicted octanol–water partition coefficient (Wildman–Crippen LogP) is 6.11. The van der Waals surface area contributed by atoms with Gasteiger partial charge >= 0.3 is 0 Å². The molecule has 19 heavy (non-hydrogen) atoms. The molecule has 110 valence electrons. The van der Waals surface area contributed by atoms with Gasteiger partial charge in [-0.15, -0.1) is 0 Å². The minimum atomic E-state index is 0.445. The van der Waals surface area contributed by atoms with Crippen molar-refractivity contribution in [2.75, 3.05) is 0 Å². The predicted molar refractivity (Wildman–Crippen MR) is 89.1 cm³/mol. The molecule has 1 unspecified atom stereocenters. The highest BCUT2D eigenvalue weighted by Gasteiger charge is 2.02. The summed E-state index contributed by atoms with van der Waals surface area (Å²) in [5.74, 6) is 0. The first-order valence-corrected chi connectivity index (χ1v) is 7.92. The topological polar surface area (TPSA) is 12.4 Å². The summed E-state index contributed by atoms with van der Waals surface area (Å²) in [5.41, 5.74) is 4.24. The quantitative estimate of drug-likeness (QED) is 0.351. The van der Waals surface area contributed by atoms with Crippen LogP contribution in [-0.4, -0.2) is 11.8 Å². The molecule has 0 radical (unpaired) electrons. The van der Waals surface area contributed by atoms with Crippen molar-refractivity contribution in [3.8, 4) is 0 Å². The Morgan fingerprint density at radius 1 is 1.11 bits per heavy atom. The van der Waals surface area contributed by atoms with Crippen LogP contribution in [0.3, 0.4) is 0 Å². The van der Waals surface area contributed by atoms with Crippen molar-refractivity contribution in [3.63, 3.8) is 0 Å². The van der Waals surface area contributed by atoms with Crippen molar-refractivity contribution in [1.29, 1.82) is 0 Å². The SMILES string of the molecule is CCC/C=C(\C=C(/C)CC)CCC(C)/N=C(\C)CC. The molecule has 0 bridgehead atoms. The van der Waals surface area contributed by atoms with Gasteiger partial charge in [0.2, 0.25) is 0 Å². The van der Waals surface area contributed by atoms with Gasteiger partial charge in [0.15, 0.2) is 0 Å². The molecule has 1 heteroatoms. The van der Waals surface area contributed by atoms with Crippen molar-refractivity contribution in [1.82, 2.24) is 0 Å². The number of aliphatic imine (C=N–C) groups is 1. The highest BCUT2D eigenvalue weighted by atomic mass is 14.8. The monoisotopic (exact) mass is 263 g/mol. The van der Waals surface area contributed by atoms with E-state index in [1.807, 2.05) is 0 Å². The van der Waals surface area contributed by atoms with E-state index in [4.69, 9.17) is 4.99 Å². The van der Waals surface area contributed by atoms with Gasteiger partial charge in [-0.2, -0.15) is 0 Å². The molecule has 0 aromatic rings. The number of nitrogens with zero attached hydrogens (tertiary/aromatic N) is 1. The van der Waals surface area contributed by atoms with Crippen LogP contribution in [0.4, 0.5) is 0 Å². The Hall–Kier alpha value is -0.850. The van der Waals surface area contributed by atoms with Gasteiger partial charge in [-0.3, -0.25) is 4.99 Å².